The summed E-state index contributed by atoms with van der Waals surface area (Å²) in [7, 11) is -2.10. The van der Waals surface area contributed by atoms with Crippen molar-refractivity contribution in [1.29, 1.82) is 0 Å². The largest absolute Gasteiger partial charge is 0.497 e. The third kappa shape index (κ3) is 3.72. The Morgan fingerprint density at radius 1 is 1.40 bits per heavy atom. The number of sulfone groups is 1. The van der Waals surface area contributed by atoms with Gasteiger partial charge in [-0.05, 0) is 6.07 Å². The number of halogens is 1. The molecule has 1 aromatic carbocycles. The molecule has 0 saturated heterocycles. The zero-order valence-electron chi connectivity index (χ0n) is 13.9. The van der Waals surface area contributed by atoms with Gasteiger partial charge in [0.15, 0.2) is 0 Å². The van der Waals surface area contributed by atoms with Crippen LogP contribution in [0, 0.1) is 5.82 Å². The first-order chi connectivity index (χ1) is 11.8. The van der Waals surface area contributed by atoms with Gasteiger partial charge in [-0.1, -0.05) is 6.07 Å². The lowest BCUT2D eigenvalue weighted by molar-refractivity contribution is 0.237. The fraction of sp³-hybridized carbons (Fsp3) is 0.375. The first-order valence-corrected chi connectivity index (χ1v) is 9.54. The molecule has 0 fully saturated rings. The molecule has 1 aliphatic rings. The Bertz CT molecular complexity index is 972. The van der Waals surface area contributed by atoms with E-state index in [1.54, 1.807) is 12.1 Å². The number of fused-ring (bicyclic) bond motifs is 1. The first kappa shape index (κ1) is 17.6. The van der Waals surface area contributed by atoms with Crippen LogP contribution in [0.4, 0.5) is 4.39 Å². The van der Waals surface area contributed by atoms with Crippen molar-refractivity contribution in [3.8, 4) is 5.75 Å². The molecule has 0 radical (unpaired) electrons. The minimum atomic E-state index is -3.57. The fourth-order valence-corrected chi connectivity index (χ4v) is 3.35. The fourth-order valence-electron chi connectivity index (χ4n) is 2.79. The van der Waals surface area contributed by atoms with Crippen molar-refractivity contribution in [2.24, 2.45) is 0 Å². The van der Waals surface area contributed by atoms with Crippen LogP contribution in [0.3, 0.4) is 0 Å². The molecule has 0 saturated carbocycles. The summed E-state index contributed by atoms with van der Waals surface area (Å²) in [6.07, 6.45) is 1.43. The highest BCUT2D eigenvalue weighted by Crippen LogP contribution is 2.21. The van der Waals surface area contributed by atoms with Crippen molar-refractivity contribution < 1.29 is 17.5 Å². The Morgan fingerprint density at radius 2 is 2.16 bits per heavy atom. The maximum atomic E-state index is 14.1. The van der Waals surface area contributed by atoms with Crippen LogP contribution < -0.4 is 10.3 Å². The quantitative estimate of drug-likeness (QED) is 0.807. The topological polar surface area (TPSA) is 92.4 Å². The van der Waals surface area contributed by atoms with E-state index in [0.29, 0.717) is 42.1 Å². The van der Waals surface area contributed by atoms with Gasteiger partial charge < -0.3 is 4.74 Å². The number of nitrogens with zero attached hydrogens (tertiary/aromatic N) is 2. The SMILES string of the molecule is COc1ccc(CN2CCc3nc(S(C)(=O)=O)[nH]c(=O)c3C2)c(F)c1. The highest BCUT2D eigenvalue weighted by molar-refractivity contribution is 7.90. The molecule has 134 valence electrons. The maximum absolute atomic E-state index is 14.1. The van der Waals surface area contributed by atoms with Crippen molar-refractivity contribution in [3.63, 3.8) is 0 Å². The van der Waals surface area contributed by atoms with Gasteiger partial charge in [-0.25, -0.2) is 17.8 Å². The van der Waals surface area contributed by atoms with Gasteiger partial charge in [-0.3, -0.25) is 14.7 Å². The summed E-state index contributed by atoms with van der Waals surface area (Å²) >= 11 is 0. The molecule has 0 atom stereocenters. The van der Waals surface area contributed by atoms with E-state index < -0.39 is 15.4 Å². The number of aromatic nitrogens is 2. The number of benzene rings is 1. The van der Waals surface area contributed by atoms with E-state index in [4.69, 9.17) is 4.74 Å². The van der Waals surface area contributed by atoms with Crippen molar-refractivity contribution in [3.05, 3.63) is 51.2 Å². The molecule has 1 aromatic heterocycles. The molecule has 2 heterocycles. The number of nitrogens with one attached hydrogen (secondary N) is 1. The van der Waals surface area contributed by atoms with Crippen LogP contribution in [0.5, 0.6) is 5.75 Å². The average molecular weight is 367 g/mol. The molecule has 0 amide bonds. The standard InChI is InChI=1S/C16H18FN3O4S/c1-24-11-4-3-10(13(17)7-11)8-20-6-5-14-12(9-20)15(21)19-16(18-14)25(2,22)23/h3-4,7H,5-6,8-9H2,1-2H3,(H,18,19,21). The second-order valence-corrected chi connectivity index (χ2v) is 7.92. The number of methoxy groups -OCH3 is 1. The summed E-state index contributed by atoms with van der Waals surface area (Å²) in [6, 6.07) is 4.65. The van der Waals surface area contributed by atoms with Gasteiger partial charge in [-0.15, -0.1) is 0 Å². The molecule has 1 N–H and O–H groups in total. The lowest BCUT2D eigenvalue weighted by Gasteiger charge is -2.27. The van der Waals surface area contributed by atoms with E-state index in [-0.39, 0.29) is 17.5 Å². The van der Waals surface area contributed by atoms with Crippen LogP contribution in [0.25, 0.3) is 0 Å². The van der Waals surface area contributed by atoms with Gasteiger partial charge in [0.2, 0.25) is 15.0 Å². The highest BCUT2D eigenvalue weighted by atomic mass is 32.2. The van der Waals surface area contributed by atoms with E-state index in [1.165, 1.54) is 13.2 Å². The predicted molar refractivity (Wildman–Crippen MR) is 88.7 cm³/mol. The van der Waals surface area contributed by atoms with Crippen LogP contribution in [-0.4, -0.2) is 43.2 Å². The van der Waals surface area contributed by atoms with Gasteiger partial charge in [-0.2, -0.15) is 0 Å². The first-order valence-electron chi connectivity index (χ1n) is 7.65. The summed E-state index contributed by atoms with van der Waals surface area (Å²) in [5, 5.41) is -0.314. The minimum absolute atomic E-state index is 0.285. The monoisotopic (exact) mass is 367 g/mol. The normalized spacial score (nSPS) is 15.0. The number of H-pyrrole nitrogens is 1. The Hall–Kier alpha value is -2.26. The number of hydrogen-bond acceptors (Lipinski definition) is 6. The smallest absolute Gasteiger partial charge is 0.256 e. The zero-order valence-corrected chi connectivity index (χ0v) is 14.7. The lowest BCUT2D eigenvalue weighted by Crippen LogP contribution is -2.36. The highest BCUT2D eigenvalue weighted by Gasteiger charge is 2.24. The molecule has 1 aliphatic heterocycles. The maximum Gasteiger partial charge on any atom is 0.256 e. The summed E-state index contributed by atoms with van der Waals surface area (Å²) in [4.78, 5) is 20.5. The van der Waals surface area contributed by atoms with Gasteiger partial charge in [0.1, 0.15) is 11.6 Å². The molecular weight excluding hydrogens is 349 g/mol. The van der Waals surface area contributed by atoms with E-state index in [0.717, 1.165) is 6.26 Å². The molecule has 0 aliphatic carbocycles. The van der Waals surface area contributed by atoms with Crippen molar-refractivity contribution in [2.45, 2.75) is 24.7 Å². The van der Waals surface area contributed by atoms with Crippen molar-refractivity contribution >= 4 is 9.84 Å². The van der Waals surface area contributed by atoms with E-state index >= 15 is 0 Å². The summed E-state index contributed by atoms with van der Waals surface area (Å²) in [5.41, 5.74) is 0.940. The summed E-state index contributed by atoms with van der Waals surface area (Å²) < 4.78 is 42.2. The summed E-state index contributed by atoms with van der Waals surface area (Å²) in [6.45, 7) is 1.17. The number of hydrogen-bond donors (Lipinski definition) is 1. The average Bonchev–Trinajstić information content (AvgIpc) is 2.56. The second kappa shape index (κ2) is 6.57. The van der Waals surface area contributed by atoms with Gasteiger partial charge in [0.05, 0.1) is 18.4 Å². The lowest BCUT2D eigenvalue weighted by atomic mass is 10.1. The molecule has 3 rings (SSSR count). The molecular formula is C16H18FN3O4S. The van der Waals surface area contributed by atoms with Gasteiger partial charge >= 0.3 is 0 Å². The Labute approximate surface area is 144 Å². The Balaban J connectivity index is 1.83. The van der Waals surface area contributed by atoms with E-state index in [2.05, 4.69) is 9.97 Å². The summed E-state index contributed by atoms with van der Waals surface area (Å²) in [5.74, 6) is 0.0730. The van der Waals surface area contributed by atoms with E-state index in [1.807, 2.05) is 4.90 Å². The third-order valence-electron chi connectivity index (χ3n) is 4.13. The van der Waals surface area contributed by atoms with Crippen molar-refractivity contribution in [2.75, 3.05) is 19.9 Å². The van der Waals surface area contributed by atoms with Crippen LogP contribution in [0.15, 0.2) is 28.2 Å². The molecule has 0 bridgehead atoms. The van der Waals surface area contributed by atoms with Crippen LogP contribution in [0.1, 0.15) is 16.8 Å². The molecule has 7 nitrogen and oxygen atoms in total. The van der Waals surface area contributed by atoms with Gasteiger partial charge in [0, 0.05) is 43.9 Å². The predicted octanol–water partition coefficient (Wildman–Crippen LogP) is 0.879. The van der Waals surface area contributed by atoms with Crippen LogP contribution in [0.2, 0.25) is 0 Å². The Kier molecular flexibility index (Phi) is 4.61. The van der Waals surface area contributed by atoms with E-state index in [9.17, 15) is 17.6 Å². The number of ether oxygens (including phenoxy) is 1. The molecule has 0 unspecified atom stereocenters. The second-order valence-electron chi connectivity index (χ2n) is 5.99. The third-order valence-corrected chi connectivity index (χ3v) is 5.03. The number of aromatic amines is 1. The van der Waals surface area contributed by atoms with Crippen LogP contribution in [-0.2, 0) is 29.3 Å². The zero-order chi connectivity index (χ0) is 18.2. The molecule has 2 aromatic rings. The van der Waals surface area contributed by atoms with Crippen molar-refractivity contribution in [1.82, 2.24) is 14.9 Å². The van der Waals surface area contributed by atoms with Crippen LogP contribution >= 0.6 is 0 Å². The number of rotatable bonds is 4. The Morgan fingerprint density at radius 3 is 2.80 bits per heavy atom. The minimum Gasteiger partial charge on any atom is -0.497 e. The molecule has 0 spiro atoms. The molecule has 25 heavy (non-hydrogen) atoms. The molecule has 9 heteroatoms. The van der Waals surface area contributed by atoms with Gasteiger partial charge in [0.25, 0.3) is 5.56 Å².